The van der Waals surface area contributed by atoms with Gasteiger partial charge in [-0.05, 0) is 30.9 Å². The minimum absolute atomic E-state index is 0.302. The fraction of sp³-hybridized carbons (Fsp3) is 0.538. The first-order chi connectivity index (χ1) is 7.70. The number of anilines is 1. The molecule has 0 amide bonds. The molecule has 0 heterocycles. The van der Waals surface area contributed by atoms with Gasteiger partial charge in [-0.2, -0.15) is 0 Å². The van der Waals surface area contributed by atoms with Crippen LogP contribution in [0.4, 0.5) is 10.1 Å². The van der Waals surface area contributed by atoms with Crippen molar-refractivity contribution < 1.29 is 9.13 Å². The van der Waals surface area contributed by atoms with Crippen molar-refractivity contribution in [3.8, 4) is 5.75 Å². The second kappa shape index (κ2) is 4.73. The fourth-order valence-electron chi connectivity index (χ4n) is 2.32. The van der Waals surface area contributed by atoms with Crippen LogP contribution in [0.25, 0.3) is 0 Å². The van der Waals surface area contributed by atoms with Gasteiger partial charge in [-0.3, -0.25) is 0 Å². The zero-order valence-corrected chi connectivity index (χ0v) is 9.79. The van der Waals surface area contributed by atoms with Crippen molar-refractivity contribution in [1.29, 1.82) is 0 Å². The molecule has 0 spiro atoms. The first-order valence-electron chi connectivity index (χ1n) is 5.81. The third-order valence-electron chi connectivity index (χ3n) is 3.36. The van der Waals surface area contributed by atoms with Crippen LogP contribution in [-0.4, -0.2) is 13.2 Å². The molecule has 3 heteroatoms. The predicted molar refractivity (Wildman–Crippen MR) is 63.4 cm³/mol. The number of halogens is 1. The van der Waals surface area contributed by atoms with E-state index >= 15 is 0 Å². The Balaban J connectivity index is 2.09. The number of hydrogen-bond acceptors (Lipinski definition) is 2. The molecule has 1 saturated carbocycles. The highest BCUT2D eigenvalue weighted by atomic mass is 19.1. The van der Waals surface area contributed by atoms with Crippen molar-refractivity contribution in [2.75, 3.05) is 12.4 Å². The molecule has 1 fully saturated rings. The van der Waals surface area contributed by atoms with E-state index in [9.17, 15) is 4.39 Å². The maximum absolute atomic E-state index is 13.2. The molecule has 0 aromatic heterocycles. The molecule has 0 saturated heterocycles. The van der Waals surface area contributed by atoms with Crippen LogP contribution in [0.3, 0.4) is 0 Å². The molecule has 0 aliphatic heterocycles. The molecule has 0 radical (unpaired) electrons. The van der Waals surface area contributed by atoms with Crippen LogP contribution in [0.1, 0.15) is 26.2 Å². The van der Waals surface area contributed by atoms with Crippen molar-refractivity contribution in [2.45, 2.75) is 32.2 Å². The van der Waals surface area contributed by atoms with E-state index in [0.29, 0.717) is 17.7 Å². The monoisotopic (exact) mass is 223 g/mol. The van der Waals surface area contributed by atoms with E-state index in [4.69, 9.17) is 4.74 Å². The Labute approximate surface area is 95.8 Å². The molecular weight excluding hydrogens is 205 g/mol. The van der Waals surface area contributed by atoms with E-state index < -0.39 is 0 Å². The number of rotatable bonds is 3. The molecule has 2 unspecified atom stereocenters. The Kier molecular flexibility index (Phi) is 3.32. The van der Waals surface area contributed by atoms with Gasteiger partial charge in [0.1, 0.15) is 0 Å². The third kappa shape index (κ3) is 2.29. The molecule has 0 bridgehead atoms. The van der Waals surface area contributed by atoms with Crippen LogP contribution in [-0.2, 0) is 0 Å². The standard InChI is InChI=1S/C13H18FNO/c1-9-4-3-5-12(9)15-10-6-7-11(14)13(8-10)16-2/h6-9,12,15H,3-5H2,1-2H3. The molecule has 1 aromatic rings. The maximum atomic E-state index is 13.2. The lowest BCUT2D eigenvalue weighted by Gasteiger charge is -2.19. The van der Waals surface area contributed by atoms with Gasteiger partial charge in [0.25, 0.3) is 0 Å². The van der Waals surface area contributed by atoms with E-state index in [-0.39, 0.29) is 5.82 Å². The summed E-state index contributed by atoms with van der Waals surface area (Å²) in [7, 11) is 1.49. The van der Waals surface area contributed by atoms with Crippen molar-refractivity contribution in [3.63, 3.8) is 0 Å². The molecule has 2 atom stereocenters. The van der Waals surface area contributed by atoms with Crippen LogP contribution in [0, 0.1) is 11.7 Å². The summed E-state index contributed by atoms with van der Waals surface area (Å²) in [6.45, 7) is 2.26. The number of ether oxygens (including phenoxy) is 1. The van der Waals surface area contributed by atoms with Gasteiger partial charge in [-0.15, -0.1) is 0 Å². The average molecular weight is 223 g/mol. The molecule has 2 nitrogen and oxygen atoms in total. The Bertz CT molecular complexity index is 367. The first kappa shape index (κ1) is 11.2. The zero-order chi connectivity index (χ0) is 11.5. The van der Waals surface area contributed by atoms with E-state index in [0.717, 1.165) is 5.69 Å². The molecule has 1 aliphatic rings. The van der Waals surface area contributed by atoms with E-state index in [1.807, 2.05) is 0 Å². The van der Waals surface area contributed by atoms with Crippen molar-refractivity contribution >= 4 is 5.69 Å². The van der Waals surface area contributed by atoms with E-state index in [1.165, 1.54) is 32.4 Å². The van der Waals surface area contributed by atoms with Gasteiger partial charge in [-0.25, -0.2) is 4.39 Å². The predicted octanol–water partition coefficient (Wildman–Crippen LogP) is 3.43. The molecule has 16 heavy (non-hydrogen) atoms. The van der Waals surface area contributed by atoms with Crippen LogP contribution in [0.2, 0.25) is 0 Å². The van der Waals surface area contributed by atoms with Gasteiger partial charge in [-0.1, -0.05) is 13.3 Å². The van der Waals surface area contributed by atoms with Crippen molar-refractivity contribution in [2.24, 2.45) is 5.92 Å². The molecule has 2 rings (SSSR count). The SMILES string of the molecule is COc1cc(NC2CCCC2C)ccc1F. The van der Waals surface area contributed by atoms with Gasteiger partial charge < -0.3 is 10.1 Å². The lowest BCUT2D eigenvalue weighted by molar-refractivity contribution is 0.386. The normalized spacial score (nSPS) is 24.4. The van der Waals surface area contributed by atoms with Gasteiger partial charge in [0.15, 0.2) is 11.6 Å². The van der Waals surface area contributed by atoms with E-state index in [1.54, 1.807) is 12.1 Å². The summed E-state index contributed by atoms with van der Waals surface area (Å²) in [4.78, 5) is 0. The smallest absolute Gasteiger partial charge is 0.165 e. The highest BCUT2D eigenvalue weighted by Gasteiger charge is 2.23. The second-order valence-corrected chi connectivity index (χ2v) is 4.51. The summed E-state index contributed by atoms with van der Waals surface area (Å²) in [6, 6.07) is 5.44. The zero-order valence-electron chi connectivity index (χ0n) is 9.79. The fourth-order valence-corrected chi connectivity index (χ4v) is 2.32. The molecule has 88 valence electrons. The van der Waals surface area contributed by atoms with Gasteiger partial charge in [0.2, 0.25) is 0 Å². The average Bonchev–Trinajstić information content (AvgIpc) is 2.67. The van der Waals surface area contributed by atoms with Gasteiger partial charge in [0.05, 0.1) is 7.11 Å². The lowest BCUT2D eigenvalue weighted by atomic mass is 10.1. The van der Waals surface area contributed by atoms with Crippen LogP contribution < -0.4 is 10.1 Å². The molecule has 1 aromatic carbocycles. The summed E-state index contributed by atoms with van der Waals surface area (Å²) in [5.41, 5.74) is 0.942. The summed E-state index contributed by atoms with van der Waals surface area (Å²) in [5, 5.41) is 3.45. The van der Waals surface area contributed by atoms with Crippen LogP contribution in [0.15, 0.2) is 18.2 Å². The first-order valence-corrected chi connectivity index (χ1v) is 5.81. The van der Waals surface area contributed by atoms with Crippen LogP contribution in [0.5, 0.6) is 5.75 Å². The molecular formula is C13H18FNO. The van der Waals surface area contributed by atoms with Crippen molar-refractivity contribution in [1.82, 2.24) is 0 Å². The number of hydrogen-bond donors (Lipinski definition) is 1. The van der Waals surface area contributed by atoms with Gasteiger partial charge >= 0.3 is 0 Å². The Hall–Kier alpha value is -1.25. The quantitative estimate of drug-likeness (QED) is 0.847. The molecule has 1 N–H and O–H groups in total. The Morgan fingerprint density at radius 3 is 2.81 bits per heavy atom. The Morgan fingerprint density at radius 1 is 1.38 bits per heavy atom. The number of methoxy groups -OCH3 is 1. The topological polar surface area (TPSA) is 21.3 Å². The highest BCUT2D eigenvalue weighted by molar-refractivity contribution is 5.49. The largest absolute Gasteiger partial charge is 0.494 e. The summed E-state index contributed by atoms with van der Waals surface area (Å²) in [5.74, 6) is 0.680. The van der Waals surface area contributed by atoms with E-state index in [2.05, 4.69) is 12.2 Å². The van der Waals surface area contributed by atoms with Crippen LogP contribution >= 0.6 is 0 Å². The minimum Gasteiger partial charge on any atom is -0.494 e. The number of benzene rings is 1. The Morgan fingerprint density at radius 2 is 2.19 bits per heavy atom. The summed E-state index contributed by atoms with van der Waals surface area (Å²) < 4.78 is 18.2. The van der Waals surface area contributed by atoms with Gasteiger partial charge in [0, 0.05) is 17.8 Å². The minimum atomic E-state index is -0.312. The summed E-state index contributed by atoms with van der Waals surface area (Å²) >= 11 is 0. The molecule has 1 aliphatic carbocycles. The lowest BCUT2D eigenvalue weighted by Crippen LogP contribution is -2.21. The second-order valence-electron chi connectivity index (χ2n) is 4.51. The van der Waals surface area contributed by atoms with Crippen molar-refractivity contribution in [3.05, 3.63) is 24.0 Å². The third-order valence-corrected chi connectivity index (χ3v) is 3.36. The highest BCUT2D eigenvalue weighted by Crippen LogP contribution is 2.29. The maximum Gasteiger partial charge on any atom is 0.165 e. The summed E-state index contributed by atoms with van der Waals surface area (Å²) in [6.07, 6.45) is 3.74. The number of nitrogens with one attached hydrogen (secondary N) is 1.